The number of quaternary nitrogens is 1. The van der Waals surface area contributed by atoms with Crippen molar-refractivity contribution in [2.75, 3.05) is 32.5 Å². The largest absolute Gasteiger partial charge is 0.325 e. The third-order valence-corrected chi connectivity index (χ3v) is 1.67. The number of hydrogen-bond donors (Lipinski definition) is 0. The number of nitrogens with zero attached hydrogens (tertiary/aromatic N) is 1. The highest BCUT2D eigenvalue weighted by molar-refractivity contribution is 9.09. The Morgan fingerprint density at radius 1 is 1.56 bits per heavy atom. The normalized spacial score (nSPS) is 11.4. The molecule has 0 rings (SSSR count). The number of alkyl halides is 1. The molecule has 0 aliphatic rings. The van der Waals surface area contributed by atoms with Gasteiger partial charge in [-0.25, -0.2) is 0 Å². The van der Waals surface area contributed by atoms with Crippen LogP contribution in [-0.4, -0.2) is 37.0 Å². The predicted octanol–water partition coefficient (Wildman–Crippen LogP) is 1.64. The Hall–Kier alpha value is 0.180. The third kappa shape index (κ3) is 4.67. The number of hydrogen-bond acceptors (Lipinski definition) is 0. The fourth-order valence-electron chi connectivity index (χ4n) is 0.670. The van der Waals surface area contributed by atoms with Crippen molar-refractivity contribution in [1.82, 2.24) is 0 Å². The van der Waals surface area contributed by atoms with Crippen LogP contribution in [0.1, 0.15) is 0 Å². The van der Waals surface area contributed by atoms with Crippen LogP contribution in [0.5, 0.6) is 0 Å². The van der Waals surface area contributed by atoms with E-state index in [1.165, 1.54) is 0 Å². The minimum atomic E-state index is 1.02. The Morgan fingerprint density at radius 2 is 2.11 bits per heavy atom. The van der Waals surface area contributed by atoms with E-state index in [0.717, 1.165) is 22.9 Å². The second kappa shape index (κ2) is 4.07. The Morgan fingerprint density at radius 3 is 2.44 bits per heavy atom. The van der Waals surface area contributed by atoms with Crippen LogP contribution in [0.15, 0.2) is 12.7 Å². The van der Waals surface area contributed by atoms with Crippen molar-refractivity contribution in [3.8, 4) is 0 Å². The second-order valence-corrected chi connectivity index (χ2v) is 3.61. The molecule has 1 nitrogen and oxygen atoms in total. The zero-order valence-corrected chi connectivity index (χ0v) is 7.82. The van der Waals surface area contributed by atoms with Gasteiger partial charge in [-0.3, -0.25) is 0 Å². The summed E-state index contributed by atoms with van der Waals surface area (Å²) in [6, 6.07) is 0. The van der Waals surface area contributed by atoms with Crippen LogP contribution < -0.4 is 0 Å². The van der Waals surface area contributed by atoms with Crippen LogP contribution in [0.2, 0.25) is 0 Å². The molecule has 0 aromatic rings. The Balaban J connectivity index is 3.55. The first-order valence-corrected chi connectivity index (χ1v) is 4.23. The van der Waals surface area contributed by atoms with Gasteiger partial charge in [-0.15, -0.1) is 0 Å². The van der Waals surface area contributed by atoms with E-state index in [1.54, 1.807) is 0 Å². The molecule has 0 amide bonds. The van der Waals surface area contributed by atoms with Crippen LogP contribution in [0.25, 0.3) is 0 Å². The third-order valence-electron chi connectivity index (χ3n) is 1.31. The lowest BCUT2D eigenvalue weighted by Crippen LogP contribution is -2.40. The summed E-state index contributed by atoms with van der Waals surface area (Å²) in [5.41, 5.74) is 0. The Kier molecular flexibility index (Phi) is 4.15. The fourth-order valence-corrected chi connectivity index (χ4v) is 1.63. The molecule has 0 N–H and O–H groups in total. The van der Waals surface area contributed by atoms with Gasteiger partial charge in [0.05, 0.1) is 32.5 Å². The molecular formula is C7H15BrN+. The average molecular weight is 193 g/mol. The first kappa shape index (κ1) is 9.18. The van der Waals surface area contributed by atoms with Gasteiger partial charge in [-0.2, -0.15) is 0 Å². The summed E-state index contributed by atoms with van der Waals surface area (Å²) in [6.45, 7) is 5.90. The van der Waals surface area contributed by atoms with Gasteiger partial charge in [0.1, 0.15) is 0 Å². The van der Waals surface area contributed by atoms with Crippen molar-refractivity contribution >= 4 is 15.9 Å². The van der Waals surface area contributed by atoms with Crippen molar-refractivity contribution < 1.29 is 4.48 Å². The highest BCUT2D eigenvalue weighted by atomic mass is 79.9. The van der Waals surface area contributed by atoms with E-state index in [1.807, 2.05) is 6.08 Å². The summed E-state index contributed by atoms with van der Waals surface area (Å²) < 4.78 is 1.02. The minimum Gasteiger partial charge on any atom is -0.325 e. The molecule has 0 aromatic carbocycles. The Bertz CT molecular complexity index is 88.9. The maximum Gasteiger partial charge on any atom is 0.0967 e. The first-order valence-electron chi connectivity index (χ1n) is 3.11. The molecule has 0 aromatic heterocycles. The predicted molar refractivity (Wildman–Crippen MR) is 45.8 cm³/mol. The summed E-state index contributed by atoms with van der Waals surface area (Å²) in [7, 11) is 4.39. The van der Waals surface area contributed by atoms with Crippen molar-refractivity contribution in [1.29, 1.82) is 0 Å². The molecule has 0 spiro atoms. The number of likely N-dealkylation sites (N-methyl/N-ethyl adjacent to an activating group) is 1. The van der Waals surface area contributed by atoms with Crippen LogP contribution in [0.3, 0.4) is 0 Å². The molecule has 0 unspecified atom stereocenters. The zero-order valence-electron chi connectivity index (χ0n) is 6.23. The summed E-state index contributed by atoms with van der Waals surface area (Å²) >= 11 is 3.41. The number of rotatable bonds is 4. The van der Waals surface area contributed by atoms with E-state index in [4.69, 9.17) is 0 Å². The summed E-state index contributed by atoms with van der Waals surface area (Å²) in [5, 5.41) is 1.06. The zero-order chi connectivity index (χ0) is 7.33. The summed E-state index contributed by atoms with van der Waals surface area (Å²) in [6.07, 6.45) is 1.96. The smallest absolute Gasteiger partial charge is 0.0967 e. The molecule has 0 fully saturated rings. The van der Waals surface area contributed by atoms with Gasteiger partial charge in [-0.05, 0) is 6.08 Å². The molecular weight excluding hydrogens is 178 g/mol. The molecule has 0 heterocycles. The van der Waals surface area contributed by atoms with Gasteiger partial charge in [0.15, 0.2) is 0 Å². The van der Waals surface area contributed by atoms with Gasteiger partial charge >= 0.3 is 0 Å². The molecule has 0 saturated carbocycles. The quantitative estimate of drug-likeness (QED) is 0.361. The molecule has 0 aliphatic heterocycles. The van der Waals surface area contributed by atoms with E-state index in [0.29, 0.717) is 0 Å². The molecule has 0 aliphatic carbocycles. The van der Waals surface area contributed by atoms with E-state index >= 15 is 0 Å². The Labute approximate surface area is 66.1 Å². The van der Waals surface area contributed by atoms with Crippen molar-refractivity contribution in [3.63, 3.8) is 0 Å². The minimum absolute atomic E-state index is 1.02. The highest BCUT2D eigenvalue weighted by Gasteiger charge is 2.09. The van der Waals surface area contributed by atoms with Crippen molar-refractivity contribution in [2.45, 2.75) is 0 Å². The fraction of sp³-hybridized carbons (Fsp3) is 0.714. The summed E-state index contributed by atoms with van der Waals surface area (Å²) in [5.74, 6) is 0. The first-order chi connectivity index (χ1) is 4.12. The molecule has 9 heavy (non-hydrogen) atoms. The maximum absolute atomic E-state index is 3.70. The molecule has 54 valence electrons. The lowest BCUT2D eigenvalue weighted by Gasteiger charge is -2.27. The standard InChI is InChI=1S/C7H15BrN/c1-4-6-9(2,3)7-5-8/h4H,1,5-7H2,2-3H3/q+1. The van der Waals surface area contributed by atoms with Crippen LogP contribution in [-0.2, 0) is 0 Å². The van der Waals surface area contributed by atoms with E-state index < -0.39 is 0 Å². The molecule has 0 bridgehead atoms. The van der Waals surface area contributed by atoms with Gasteiger partial charge in [0.2, 0.25) is 0 Å². The second-order valence-electron chi connectivity index (χ2n) is 2.82. The molecule has 0 radical (unpaired) electrons. The lowest BCUT2D eigenvalue weighted by molar-refractivity contribution is -0.881. The molecule has 0 atom stereocenters. The van der Waals surface area contributed by atoms with Crippen molar-refractivity contribution in [2.24, 2.45) is 0 Å². The lowest BCUT2D eigenvalue weighted by atomic mass is 10.4. The molecule has 0 saturated heterocycles. The van der Waals surface area contributed by atoms with Crippen LogP contribution in [0.4, 0.5) is 0 Å². The van der Waals surface area contributed by atoms with E-state index in [2.05, 4.69) is 36.6 Å². The SMILES string of the molecule is C=CC[N+](C)(C)CCBr. The molecule has 2 heteroatoms. The van der Waals surface area contributed by atoms with E-state index in [9.17, 15) is 0 Å². The van der Waals surface area contributed by atoms with E-state index in [-0.39, 0.29) is 0 Å². The van der Waals surface area contributed by atoms with Gasteiger partial charge in [0, 0.05) is 0 Å². The summed E-state index contributed by atoms with van der Waals surface area (Å²) in [4.78, 5) is 0. The topological polar surface area (TPSA) is 0 Å². The maximum atomic E-state index is 3.70. The average Bonchev–Trinajstić information content (AvgIpc) is 1.64. The van der Waals surface area contributed by atoms with Gasteiger partial charge < -0.3 is 4.48 Å². The monoisotopic (exact) mass is 192 g/mol. The van der Waals surface area contributed by atoms with Crippen LogP contribution in [0, 0.1) is 0 Å². The van der Waals surface area contributed by atoms with Crippen molar-refractivity contribution in [3.05, 3.63) is 12.7 Å². The van der Waals surface area contributed by atoms with Gasteiger partial charge in [0.25, 0.3) is 0 Å². The highest BCUT2D eigenvalue weighted by Crippen LogP contribution is 1.97. The number of halogens is 1. The van der Waals surface area contributed by atoms with Crippen LogP contribution >= 0.6 is 15.9 Å². The van der Waals surface area contributed by atoms with Gasteiger partial charge in [-0.1, -0.05) is 22.5 Å².